The first-order chi connectivity index (χ1) is 20.0. The maximum absolute atomic E-state index is 14.2. The Labute approximate surface area is 238 Å². The van der Waals surface area contributed by atoms with Crippen molar-refractivity contribution in [1.82, 2.24) is 9.13 Å². The van der Waals surface area contributed by atoms with Crippen LogP contribution in [0.15, 0.2) is 94.4 Å². The molecular formula is C32H25N3O5S. The molecule has 204 valence electrons. The highest BCUT2D eigenvalue weighted by atomic mass is 32.1. The number of para-hydroxylation sites is 1. The Hall–Kier alpha value is -4.89. The molecule has 0 aliphatic carbocycles. The van der Waals surface area contributed by atoms with Crippen LogP contribution in [0, 0.1) is 0 Å². The molecular weight excluding hydrogens is 538 g/mol. The quantitative estimate of drug-likeness (QED) is 0.300. The third-order valence-corrected chi connectivity index (χ3v) is 8.28. The minimum atomic E-state index is -0.787. The molecule has 3 aromatic carbocycles. The van der Waals surface area contributed by atoms with Crippen LogP contribution in [0.1, 0.15) is 29.7 Å². The van der Waals surface area contributed by atoms with Gasteiger partial charge >= 0.3 is 5.97 Å². The predicted molar refractivity (Wildman–Crippen MR) is 157 cm³/mol. The molecule has 9 heteroatoms. The number of thiazole rings is 1. The number of carbonyl (C=O) groups excluding carboxylic acids is 1. The Morgan fingerprint density at radius 2 is 1.85 bits per heavy atom. The summed E-state index contributed by atoms with van der Waals surface area (Å²) >= 11 is 1.30. The summed E-state index contributed by atoms with van der Waals surface area (Å²) in [4.78, 5) is 33.3. The molecule has 2 aliphatic heterocycles. The number of fused-ring (bicyclic) bond motifs is 3. The zero-order valence-electron chi connectivity index (χ0n) is 22.4. The first-order valence-electron chi connectivity index (χ1n) is 13.3. The van der Waals surface area contributed by atoms with Gasteiger partial charge in [0.05, 0.1) is 28.5 Å². The van der Waals surface area contributed by atoms with Gasteiger partial charge in [0.2, 0.25) is 6.79 Å². The lowest BCUT2D eigenvalue weighted by Gasteiger charge is -2.26. The fraction of sp³-hybridized carbons (Fsp3) is 0.156. The van der Waals surface area contributed by atoms with Gasteiger partial charge in [0, 0.05) is 35.3 Å². The van der Waals surface area contributed by atoms with Gasteiger partial charge in [-0.15, -0.1) is 0 Å². The van der Waals surface area contributed by atoms with Crippen molar-refractivity contribution in [3.05, 3.63) is 121 Å². The number of rotatable bonds is 5. The van der Waals surface area contributed by atoms with E-state index in [-0.39, 0.29) is 19.0 Å². The van der Waals surface area contributed by atoms with E-state index in [0.29, 0.717) is 37.7 Å². The van der Waals surface area contributed by atoms with Crippen LogP contribution in [0.5, 0.6) is 11.5 Å². The molecule has 5 aromatic rings. The first-order valence-corrected chi connectivity index (χ1v) is 14.1. The first kappa shape index (κ1) is 25.1. The van der Waals surface area contributed by atoms with Crippen molar-refractivity contribution in [2.75, 3.05) is 13.4 Å². The number of esters is 1. The third-order valence-electron chi connectivity index (χ3n) is 7.30. The highest BCUT2D eigenvalue weighted by Crippen LogP contribution is 2.40. The number of aryl methyl sites for hydroxylation is 1. The minimum Gasteiger partial charge on any atom is -0.463 e. The van der Waals surface area contributed by atoms with Gasteiger partial charge in [0.15, 0.2) is 16.3 Å². The molecule has 7 rings (SSSR count). The summed E-state index contributed by atoms with van der Waals surface area (Å²) in [6.45, 7) is 2.06. The summed E-state index contributed by atoms with van der Waals surface area (Å²) in [5.41, 5.74) is 3.98. The molecule has 0 fully saturated rings. The minimum absolute atomic E-state index is 0.114. The van der Waals surface area contributed by atoms with Crippen LogP contribution in [-0.2, 0) is 16.6 Å². The molecule has 2 aliphatic rings. The van der Waals surface area contributed by atoms with Crippen LogP contribution in [0.3, 0.4) is 0 Å². The van der Waals surface area contributed by atoms with E-state index in [1.807, 2.05) is 90.6 Å². The molecule has 8 nitrogen and oxygen atoms in total. The zero-order chi connectivity index (χ0) is 28.1. The highest BCUT2D eigenvalue weighted by molar-refractivity contribution is 7.07. The lowest BCUT2D eigenvalue weighted by molar-refractivity contribution is -0.138. The molecule has 2 aromatic heterocycles. The Morgan fingerprint density at radius 3 is 2.68 bits per heavy atom. The topological polar surface area (TPSA) is 84.1 Å². The molecule has 41 heavy (non-hydrogen) atoms. The second-order valence-corrected chi connectivity index (χ2v) is 10.8. The number of nitrogens with zero attached hydrogens (tertiary/aromatic N) is 3. The van der Waals surface area contributed by atoms with E-state index < -0.39 is 12.0 Å². The normalized spacial score (nSPS) is 16.1. The van der Waals surface area contributed by atoms with Crippen molar-refractivity contribution < 1.29 is 19.0 Å². The second-order valence-electron chi connectivity index (χ2n) is 9.76. The number of benzene rings is 3. The Bertz CT molecular complexity index is 2050. The van der Waals surface area contributed by atoms with Crippen LogP contribution in [0.2, 0.25) is 0 Å². The highest BCUT2D eigenvalue weighted by Gasteiger charge is 2.36. The van der Waals surface area contributed by atoms with Crippen LogP contribution >= 0.6 is 11.3 Å². The van der Waals surface area contributed by atoms with Crippen molar-refractivity contribution in [1.29, 1.82) is 0 Å². The van der Waals surface area contributed by atoms with Crippen molar-refractivity contribution in [3.63, 3.8) is 0 Å². The largest absolute Gasteiger partial charge is 0.463 e. The Morgan fingerprint density at radius 1 is 1.07 bits per heavy atom. The second kappa shape index (κ2) is 9.94. The van der Waals surface area contributed by atoms with Crippen LogP contribution in [0.25, 0.3) is 22.7 Å². The van der Waals surface area contributed by atoms with Crippen LogP contribution in [-0.4, -0.2) is 28.5 Å². The Balaban J connectivity index is 1.52. The van der Waals surface area contributed by atoms with E-state index in [9.17, 15) is 9.59 Å². The average molecular weight is 564 g/mol. The zero-order valence-corrected chi connectivity index (χ0v) is 23.2. The standard InChI is InChI=1S/C32H25N3O5S/c1-3-38-31(37)27-28(19-9-5-4-6-10-19)33-32-35(29(27)20-13-14-24-25(15-20)40-18-39-24)30(36)26(41-32)16-21-17-34(2)23-12-8-7-11-22(21)23/h4-17,29H,3,18H2,1-2H3. The fourth-order valence-corrected chi connectivity index (χ4v) is 6.46. The van der Waals surface area contributed by atoms with Crippen LogP contribution < -0.4 is 24.4 Å². The summed E-state index contributed by atoms with van der Waals surface area (Å²) in [7, 11) is 1.98. The number of hydrogen-bond acceptors (Lipinski definition) is 7. The molecule has 0 spiro atoms. The van der Waals surface area contributed by atoms with Crippen molar-refractivity contribution >= 4 is 40.0 Å². The van der Waals surface area contributed by atoms with Gasteiger partial charge in [-0.1, -0.05) is 65.9 Å². The lowest BCUT2D eigenvalue weighted by atomic mass is 9.93. The van der Waals surface area contributed by atoms with E-state index in [0.717, 1.165) is 22.0 Å². The molecule has 1 unspecified atom stereocenters. The van der Waals surface area contributed by atoms with Gasteiger partial charge in [-0.2, -0.15) is 0 Å². The summed E-state index contributed by atoms with van der Waals surface area (Å²) in [5.74, 6) is 0.644. The number of ether oxygens (including phenoxy) is 3. The average Bonchev–Trinajstić information content (AvgIpc) is 3.68. The Kier molecular flexibility index (Phi) is 6.09. The van der Waals surface area contributed by atoms with E-state index in [1.54, 1.807) is 17.6 Å². The molecule has 0 saturated carbocycles. The number of carbonyl (C=O) groups is 1. The number of hydrogen-bond donors (Lipinski definition) is 0. The molecule has 0 N–H and O–H groups in total. The molecule has 1 atom stereocenters. The van der Waals surface area contributed by atoms with E-state index in [1.165, 1.54) is 11.3 Å². The van der Waals surface area contributed by atoms with Gasteiger partial charge in [-0.25, -0.2) is 9.79 Å². The summed E-state index contributed by atoms with van der Waals surface area (Å²) in [5, 5.41) is 1.05. The molecule has 4 heterocycles. The number of aromatic nitrogens is 2. The SMILES string of the molecule is CCOC(=O)C1=C(c2ccccc2)N=c2sc(=Cc3cn(C)c4ccccc34)c(=O)n2C1c1ccc2c(c1)OCO2. The molecule has 0 bridgehead atoms. The van der Waals surface area contributed by atoms with Gasteiger partial charge in [-0.05, 0) is 36.8 Å². The molecule has 0 radical (unpaired) electrons. The smallest absolute Gasteiger partial charge is 0.338 e. The molecule has 0 saturated heterocycles. The van der Waals surface area contributed by atoms with Gasteiger partial charge < -0.3 is 18.8 Å². The summed E-state index contributed by atoms with van der Waals surface area (Å²) < 4.78 is 20.9. The van der Waals surface area contributed by atoms with Crippen molar-refractivity contribution in [3.8, 4) is 11.5 Å². The van der Waals surface area contributed by atoms with E-state index >= 15 is 0 Å². The fourth-order valence-electron chi connectivity index (χ4n) is 5.47. The monoisotopic (exact) mass is 563 g/mol. The van der Waals surface area contributed by atoms with Crippen molar-refractivity contribution in [2.24, 2.45) is 12.0 Å². The van der Waals surface area contributed by atoms with Crippen LogP contribution in [0.4, 0.5) is 0 Å². The van der Waals surface area contributed by atoms with E-state index in [4.69, 9.17) is 19.2 Å². The van der Waals surface area contributed by atoms with Gasteiger partial charge in [0.25, 0.3) is 5.56 Å². The van der Waals surface area contributed by atoms with E-state index in [2.05, 4.69) is 0 Å². The third kappa shape index (κ3) is 4.17. The maximum Gasteiger partial charge on any atom is 0.338 e. The predicted octanol–water partition coefficient (Wildman–Crippen LogP) is 4.16. The summed E-state index contributed by atoms with van der Waals surface area (Å²) in [6, 6.07) is 22.3. The van der Waals surface area contributed by atoms with Crippen molar-refractivity contribution in [2.45, 2.75) is 13.0 Å². The summed E-state index contributed by atoms with van der Waals surface area (Å²) in [6.07, 6.45) is 3.91. The molecule has 0 amide bonds. The lowest BCUT2D eigenvalue weighted by Crippen LogP contribution is -2.40. The van der Waals surface area contributed by atoms with Gasteiger partial charge in [-0.3, -0.25) is 9.36 Å². The maximum atomic E-state index is 14.2. The van der Waals surface area contributed by atoms with Gasteiger partial charge in [0.1, 0.15) is 0 Å².